The van der Waals surface area contributed by atoms with Gasteiger partial charge in [0.25, 0.3) is 0 Å². The topological polar surface area (TPSA) is 64.1 Å². The van der Waals surface area contributed by atoms with Crippen molar-refractivity contribution < 1.29 is 13.2 Å². The Balaban J connectivity index is 1.70. The number of ketones is 1. The van der Waals surface area contributed by atoms with Crippen molar-refractivity contribution >= 4 is 21.7 Å². The van der Waals surface area contributed by atoms with Gasteiger partial charge in [-0.2, -0.15) is 0 Å². The molecule has 0 amide bonds. The largest absolute Gasteiger partial charge is 0.294 e. The molecule has 1 aromatic heterocycles. The van der Waals surface area contributed by atoms with E-state index in [0.29, 0.717) is 0 Å². The molecule has 0 aliphatic carbocycles. The molecule has 0 spiro atoms. The highest BCUT2D eigenvalue weighted by atomic mass is 32.2. The third-order valence-electron chi connectivity index (χ3n) is 3.81. The molecule has 130 valence electrons. The van der Waals surface area contributed by atoms with Crippen molar-refractivity contribution in [1.29, 1.82) is 0 Å². The molecule has 5 heteroatoms. The molecule has 2 aromatic carbocycles. The molecule has 0 bridgehead atoms. The second kappa shape index (κ2) is 7.89. The van der Waals surface area contributed by atoms with Crippen molar-refractivity contribution in [3.63, 3.8) is 0 Å². The van der Waals surface area contributed by atoms with Crippen molar-refractivity contribution in [2.75, 3.05) is 0 Å². The van der Waals surface area contributed by atoms with E-state index in [0.717, 1.165) is 11.1 Å². The van der Waals surface area contributed by atoms with E-state index in [-0.39, 0.29) is 22.0 Å². The van der Waals surface area contributed by atoms with Gasteiger partial charge >= 0.3 is 0 Å². The summed E-state index contributed by atoms with van der Waals surface area (Å²) in [6.45, 7) is 0. The molecule has 0 aliphatic rings. The predicted octanol–water partition coefficient (Wildman–Crippen LogP) is 3.74. The summed E-state index contributed by atoms with van der Waals surface area (Å²) in [7, 11) is -3.54. The minimum Gasteiger partial charge on any atom is -0.294 e. The van der Waals surface area contributed by atoms with Gasteiger partial charge in [0.1, 0.15) is 0 Å². The van der Waals surface area contributed by atoms with Gasteiger partial charge in [0, 0.05) is 18.8 Å². The average molecular weight is 363 g/mol. The van der Waals surface area contributed by atoms with Gasteiger partial charge in [-0.1, -0.05) is 36.4 Å². The van der Waals surface area contributed by atoms with Gasteiger partial charge in [-0.05, 0) is 53.6 Å². The molecule has 3 aromatic rings. The summed E-state index contributed by atoms with van der Waals surface area (Å²) in [4.78, 5) is 16.5. The van der Waals surface area contributed by atoms with Crippen molar-refractivity contribution in [3.8, 4) is 0 Å². The molecule has 0 saturated heterocycles. The number of allylic oxidation sites excluding steroid dienone is 1. The molecular weight excluding hydrogens is 346 g/mol. The quantitative estimate of drug-likeness (QED) is 0.626. The lowest BCUT2D eigenvalue weighted by Gasteiger charge is -2.05. The molecule has 1 heterocycles. The van der Waals surface area contributed by atoms with Crippen LogP contribution in [0.1, 0.15) is 11.1 Å². The lowest BCUT2D eigenvalue weighted by molar-refractivity contribution is -0.113. The standard InChI is InChI=1S/C21H17NO3S/c23-19(11-8-18-5-4-14-22-16-18)15-17-9-12-21(13-10-17)26(24,25)20-6-2-1-3-7-20/h1-14,16H,15H2/b11-8+. The SMILES string of the molecule is O=C(/C=C/c1cccnc1)Cc1ccc(S(=O)(=O)c2ccccc2)cc1. The van der Waals surface area contributed by atoms with E-state index in [1.165, 1.54) is 18.2 Å². The van der Waals surface area contributed by atoms with E-state index in [1.54, 1.807) is 67.0 Å². The number of hydrogen-bond acceptors (Lipinski definition) is 4. The summed E-state index contributed by atoms with van der Waals surface area (Å²) in [6, 6.07) is 18.4. The van der Waals surface area contributed by atoms with Crippen LogP contribution in [0.5, 0.6) is 0 Å². The van der Waals surface area contributed by atoms with Gasteiger partial charge in [-0.15, -0.1) is 0 Å². The first kappa shape index (κ1) is 17.8. The number of carbonyl (C=O) groups excluding carboxylic acids is 1. The maximum atomic E-state index is 12.5. The molecule has 0 saturated carbocycles. The Morgan fingerprint density at radius 2 is 1.58 bits per heavy atom. The summed E-state index contributed by atoms with van der Waals surface area (Å²) in [6.07, 6.45) is 6.77. The molecule has 4 nitrogen and oxygen atoms in total. The van der Waals surface area contributed by atoms with Crippen LogP contribution in [-0.4, -0.2) is 19.2 Å². The molecular formula is C21H17NO3S. The number of carbonyl (C=O) groups is 1. The van der Waals surface area contributed by atoms with Gasteiger partial charge in [-0.3, -0.25) is 9.78 Å². The fourth-order valence-electron chi connectivity index (χ4n) is 2.45. The Hall–Kier alpha value is -3.05. The second-order valence-corrected chi connectivity index (χ2v) is 7.67. The maximum Gasteiger partial charge on any atom is 0.206 e. The molecule has 3 rings (SSSR count). The summed E-state index contributed by atoms with van der Waals surface area (Å²) >= 11 is 0. The van der Waals surface area contributed by atoms with Crippen LogP contribution in [0.25, 0.3) is 6.08 Å². The third kappa shape index (κ3) is 4.32. The average Bonchev–Trinajstić information content (AvgIpc) is 2.68. The number of nitrogens with zero attached hydrogens (tertiary/aromatic N) is 1. The monoisotopic (exact) mass is 363 g/mol. The second-order valence-electron chi connectivity index (χ2n) is 5.72. The van der Waals surface area contributed by atoms with Crippen molar-refractivity contribution in [2.45, 2.75) is 16.2 Å². The first-order valence-electron chi connectivity index (χ1n) is 8.06. The smallest absolute Gasteiger partial charge is 0.206 e. The number of sulfone groups is 1. The molecule has 0 atom stereocenters. The van der Waals surface area contributed by atoms with Crippen LogP contribution in [0.3, 0.4) is 0 Å². The lowest BCUT2D eigenvalue weighted by Crippen LogP contribution is -2.03. The highest BCUT2D eigenvalue weighted by Gasteiger charge is 2.16. The summed E-state index contributed by atoms with van der Waals surface area (Å²) in [5, 5.41) is 0. The Kier molecular flexibility index (Phi) is 5.39. The Morgan fingerprint density at radius 3 is 2.23 bits per heavy atom. The van der Waals surface area contributed by atoms with Crippen LogP contribution in [-0.2, 0) is 21.1 Å². The molecule has 0 N–H and O–H groups in total. The minimum atomic E-state index is -3.54. The van der Waals surface area contributed by atoms with E-state index < -0.39 is 9.84 Å². The van der Waals surface area contributed by atoms with Crippen molar-refractivity contribution in [2.24, 2.45) is 0 Å². The highest BCUT2D eigenvalue weighted by molar-refractivity contribution is 7.91. The number of hydrogen-bond donors (Lipinski definition) is 0. The highest BCUT2D eigenvalue weighted by Crippen LogP contribution is 2.21. The van der Waals surface area contributed by atoms with E-state index >= 15 is 0 Å². The minimum absolute atomic E-state index is 0.0625. The zero-order chi connectivity index (χ0) is 18.4. The van der Waals surface area contributed by atoms with Gasteiger partial charge in [0.05, 0.1) is 9.79 Å². The Bertz CT molecular complexity index is 1010. The number of benzene rings is 2. The van der Waals surface area contributed by atoms with E-state index in [2.05, 4.69) is 4.98 Å². The van der Waals surface area contributed by atoms with Crippen molar-refractivity contribution in [3.05, 3.63) is 96.3 Å². The number of rotatable bonds is 6. The zero-order valence-corrected chi connectivity index (χ0v) is 14.8. The Labute approximate surface area is 152 Å². The maximum absolute atomic E-state index is 12.5. The molecule has 26 heavy (non-hydrogen) atoms. The van der Waals surface area contributed by atoms with Crippen LogP contribution in [0.4, 0.5) is 0 Å². The van der Waals surface area contributed by atoms with Crippen molar-refractivity contribution in [1.82, 2.24) is 4.98 Å². The van der Waals surface area contributed by atoms with Crippen LogP contribution < -0.4 is 0 Å². The van der Waals surface area contributed by atoms with Crippen LogP contribution in [0, 0.1) is 0 Å². The number of pyridine rings is 1. The summed E-state index contributed by atoms with van der Waals surface area (Å²) in [5.74, 6) is -0.0625. The first-order chi connectivity index (χ1) is 12.6. The molecule has 0 unspecified atom stereocenters. The van der Waals surface area contributed by atoms with Gasteiger partial charge in [0.15, 0.2) is 5.78 Å². The van der Waals surface area contributed by atoms with Crippen LogP contribution in [0.15, 0.2) is 95.0 Å². The van der Waals surface area contributed by atoms with Crippen LogP contribution in [0.2, 0.25) is 0 Å². The van der Waals surface area contributed by atoms with E-state index in [1.807, 2.05) is 6.07 Å². The fraction of sp³-hybridized carbons (Fsp3) is 0.0476. The van der Waals surface area contributed by atoms with Gasteiger partial charge in [-0.25, -0.2) is 8.42 Å². The van der Waals surface area contributed by atoms with Crippen LogP contribution >= 0.6 is 0 Å². The summed E-state index contributed by atoms with van der Waals surface area (Å²) in [5.41, 5.74) is 1.61. The fourth-order valence-corrected chi connectivity index (χ4v) is 3.73. The zero-order valence-electron chi connectivity index (χ0n) is 13.9. The van der Waals surface area contributed by atoms with Gasteiger partial charge < -0.3 is 0 Å². The lowest BCUT2D eigenvalue weighted by atomic mass is 10.1. The molecule has 0 fully saturated rings. The number of aromatic nitrogens is 1. The normalized spacial score (nSPS) is 11.5. The first-order valence-corrected chi connectivity index (χ1v) is 9.54. The Morgan fingerprint density at radius 1 is 0.885 bits per heavy atom. The predicted molar refractivity (Wildman–Crippen MR) is 100 cm³/mol. The molecule has 0 aliphatic heterocycles. The van der Waals surface area contributed by atoms with E-state index in [9.17, 15) is 13.2 Å². The summed E-state index contributed by atoms with van der Waals surface area (Å²) < 4.78 is 25.1. The third-order valence-corrected chi connectivity index (χ3v) is 5.60. The van der Waals surface area contributed by atoms with Gasteiger partial charge in [0.2, 0.25) is 9.84 Å². The van der Waals surface area contributed by atoms with E-state index in [4.69, 9.17) is 0 Å². The molecule has 0 radical (unpaired) electrons.